The molecule has 0 fully saturated rings. The predicted molar refractivity (Wildman–Crippen MR) is 77.7 cm³/mol. The van der Waals surface area contributed by atoms with Gasteiger partial charge in [-0.05, 0) is 35.4 Å². The predicted octanol–water partition coefficient (Wildman–Crippen LogP) is 3.82. The summed E-state index contributed by atoms with van der Waals surface area (Å²) in [5.74, 6) is 0.831. The number of halogens is 2. The van der Waals surface area contributed by atoms with Crippen LogP contribution < -0.4 is 10.5 Å². The van der Waals surface area contributed by atoms with Gasteiger partial charge in [0.15, 0.2) is 0 Å². The molecule has 0 spiro atoms. The van der Waals surface area contributed by atoms with E-state index in [1.54, 1.807) is 7.11 Å². The minimum Gasteiger partial charge on any atom is -0.497 e. The van der Waals surface area contributed by atoms with Crippen molar-refractivity contribution in [2.45, 2.75) is 6.04 Å². The maximum absolute atomic E-state index is 6.17. The molecule has 2 N–H and O–H groups in total. The van der Waals surface area contributed by atoms with Gasteiger partial charge < -0.3 is 10.5 Å². The van der Waals surface area contributed by atoms with Crippen LogP contribution in [-0.4, -0.2) is 7.11 Å². The Balaban J connectivity index is 0.00000162. The largest absolute Gasteiger partial charge is 0.497 e. The third-order valence-corrected chi connectivity index (χ3v) is 2.96. The standard InChI is InChI=1S/C14H14ClNO.ClH/c1-17-13-8-4-11(5-9-13)14(16)10-2-6-12(15)7-3-10;/h2-9,14H,16H2,1H3;1H. The fourth-order valence-electron chi connectivity index (χ4n) is 1.67. The molecule has 2 rings (SSSR count). The molecular formula is C14H15Cl2NO. The number of benzene rings is 2. The van der Waals surface area contributed by atoms with Gasteiger partial charge >= 0.3 is 0 Å². The first-order valence-corrected chi connectivity index (χ1v) is 5.73. The Labute approximate surface area is 118 Å². The molecule has 0 aromatic heterocycles. The second-order valence-corrected chi connectivity index (χ2v) is 4.24. The zero-order valence-corrected chi connectivity index (χ0v) is 11.5. The third kappa shape index (κ3) is 3.39. The van der Waals surface area contributed by atoms with E-state index in [1.807, 2.05) is 48.5 Å². The normalized spacial score (nSPS) is 11.5. The van der Waals surface area contributed by atoms with Crippen LogP contribution in [0.1, 0.15) is 17.2 Å². The van der Waals surface area contributed by atoms with E-state index in [0.717, 1.165) is 21.9 Å². The summed E-state index contributed by atoms with van der Waals surface area (Å²) < 4.78 is 5.11. The van der Waals surface area contributed by atoms with E-state index >= 15 is 0 Å². The highest BCUT2D eigenvalue weighted by Gasteiger charge is 2.08. The van der Waals surface area contributed by atoms with Gasteiger partial charge in [-0.25, -0.2) is 0 Å². The number of hydrogen-bond acceptors (Lipinski definition) is 2. The molecule has 1 unspecified atom stereocenters. The summed E-state index contributed by atoms with van der Waals surface area (Å²) in [7, 11) is 1.65. The van der Waals surface area contributed by atoms with E-state index in [-0.39, 0.29) is 18.4 Å². The molecule has 0 radical (unpaired) electrons. The highest BCUT2D eigenvalue weighted by Crippen LogP contribution is 2.23. The second kappa shape index (κ2) is 6.64. The molecule has 4 heteroatoms. The van der Waals surface area contributed by atoms with Gasteiger partial charge in [0.25, 0.3) is 0 Å². The summed E-state index contributed by atoms with van der Waals surface area (Å²) >= 11 is 5.84. The third-order valence-electron chi connectivity index (χ3n) is 2.70. The summed E-state index contributed by atoms with van der Waals surface area (Å²) in [6, 6.07) is 15.2. The summed E-state index contributed by atoms with van der Waals surface area (Å²) in [6.45, 7) is 0. The molecule has 0 amide bonds. The average Bonchev–Trinajstić information content (AvgIpc) is 2.39. The monoisotopic (exact) mass is 283 g/mol. The van der Waals surface area contributed by atoms with Crippen LogP contribution in [0.4, 0.5) is 0 Å². The maximum Gasteiger partial charge on any atom is 0.118 e. The maximum atomic E-state index is 6.17. The molecule has 1 atom stereocenters. The van der Waals surface area contributed by atoms with Gasteiger partial charge in [-0.2, -0.15) is 0 Å². The lowest BCUT2D eigenvalue weighted by molar-refractivity contribution is 0.414. The second-order valence-electron chi connectivity index (χ2n) is 3.80. The fraction of sp³-hybridized carbons (Fsp3) is 0.143. The fourth-order valence-corrected chi connectivity index (χ4v) is 1.80. The van der Waals surface area contributed by atoms with Crippen molar-refractivity contribution in [1.29, 1.82) is 0 Å². The Morgan fingerprint density at radius 2 is 1.39 bits per heavy atom. The number of methoxy groups -OCH3 is 1. The van der Waals surface area contributed by atoms with Crippen molar-refractivity contribution in [2.75, 3.05) is 7.11 Å². The quantitative estimate of drug-likeness (QED) is 0.930. The topological polar surface area (TPSA) is 35.2 Å². The highest BCUT2D eigenvalue weighted by molar-refractivity contribution is 6.30. The minimum absolute atomic E-state index is 0. The van der Waals surface area contributed by atoms with Crippen molar-refractivity contribution in [1.82, 2.24) is 0 Å². The molecule has 2 aromatic rings. The number of nitrogens with two attached hydrogens (primary N) is 1. The van der Waals surface area contributed by atoms with Gasteiger partial charge in [-0.1, -0.05) is 35.9 Å². The van der Waals surface area contributed by atoms with Crippen molar-refractivity contribution in [3.63, 3.8) is 0 Å². The van der Waals surface area contributed by atoms with Gasteiger partial charge in [-0.3, -0.25) is 0 Å². The molecule has 0 saturated carbocycles. The van der Waals surface area contributed by atoms with Crippen LogP contribution in [0.2, 0.25) is 5.02 Å². The van der Waals surface area contributed by atoms with E-state index in [2.05, 4.69) is 0 Å². The Hall–Kier alpha value is -1.22. The Bertz CT molecular complexity index is 482. The van der Waals surface area contributed by atoms with Gasteiger partial charge in [-0.15, -0.1) is 12.4 Å². The van der Waals surface area contributed by atoms with Crippen LogP contribution >= 0.6 is 24.0 Å². The van der Waals surface area contributed by atoms with Crippen LogP contribution in [-0.2, 0) is 0 Å². The SMILES string of the molecule is COc1ccc(C(N)c2ccc(Cl)cc2)cc1.Cl. The summed E-state index contributed by atoms with van der Waals surface area (Å²) in [5, 5.41) is 0.718. The highest BCUT2D eigenvalue weighted by atomic mass is 35.5. The molecule has 0 aliphatic heterocycles. The van der Waals surface area contributed by atoms with Crippen molar-refractivity contribution in [3.05, 3.63) is 64.7 Å². The lowest BCUT2D eigenvalue weighted by atomic mass is 10.00. The molecule has 2 aromatic carbocycles. The molecular weight excluding hydrogens is 269 g/mol. The Morgan fingerprint density at radius 3 is 1.83 bits per heavy atom. The minimum atomic E-state index is -0.141. The van der Waals surface area contributed by atoms with Crippen molar-refractivity contribution >= 4 is 24.0 Å². The van der Waals surface area contributed by atoms with E-state index < -0.39 is 0 Å². The van der Waals surface area contributed by atoms with E-state index in [9.17, 15) is 0 Å². The van der Waals surface area contributed by atoms with E-state index in [4.69, 9.17) is 22.1 Å². The van der Waals surface area contributed by atoms with Crippen molar-refractivity contribution in [3.8, 4) is 5.75 Å². The van der Waals surface area contributed by atoms with E-state index in [0.29, 0.717) is 0 Å². The van der Waals surface area contributed by atoms with Gasteiger partial charge in [0.05, 0.1) is 13.2 Å². The summed E-state index contributed by atoms with van der Waals surface area (Å²) in [6.07, 6.45) is 0. The summed E-state index contributed by atoms with van der Waals surface area (Å²) in [5.41, 5.74) is 8.26. The van der Waals surface area contributed by atoms with Gasteiger partial charge in [0.2, 0.25) is 0 Å². The first-order valence-electron chi connectivity index (χ1n) is 5.35. The Kier molecular flexibility index (Phi) is 5.48. The molecule has 18 heavy (non-hydrogen) atoms. The van der Waals surface area contributed by atoms with Gasteiger partial charge in [0.1, 0.15) is 5.75 Å². The van der Waals surface area contributed by atoms with Gasteiger partial charge in [0, 0.05) is 5.02 Å². The molecule has 96 valence electrons. The van der Waals surface area contributed by atoms with Crippen LogP contribution in [0.5, 0.6) is 5.75 Å². The average molecular weight is 284 g/mol. The zero-order valence-electron chi connectivity index (χ0n) is 9.97. The number of ether oxygens (including phenoxy) is 1. The zero-order chi connectivity index (χ0) is 12.3. The first-order chi connectivity index (χ1) is 8.20. The number of rotatable bonds is 3. The van der Waals surface area contributed by atoms with Crippen molar-refractivity contribution < 1.29 is 4.74 Å². The number of hydrogen-bond donors (Lipinski definition) is 1. The van der Waals surface area contributed by atoms with Crippen molar-refractivity contribution in [2.24, 2.45) is 5.73 Å². The molecule has 0 heterocycles. The lowest BCUT2D eigenvalue weighted by Gasteiger charge is -2.13. The van der Waals surface area contributed by atoms with E-state index in [1.165, 1.54) is 0 Å². The Morgan fingerprint density at radius 1 is 0.944 bits per heavy atom. The summed E-state index contributed by atoms with van der Waals surface area (Å²) in [4.78, 5) is 0. The van der Waals surface area contributed by atoms with Crippen LogP contribution in [0, 0.1) is 0 Å². The smallest absolute Gasteiger partial charge is 0.118 e. The first kappa shape index (κ1) is 14.8. The molecule has 0 aliphatic rings. The molecule has 2 nitrogen and oxygen atoms in total. The molecule has 0 aliphatic carbocycles. The van der Waals surface area contributed by atoms with Crippen LogP contribution in [0.3, 0.4) is 0 Å². The molecule has 0 bridgehead atoms. The van der Waals surface area contributed by atoms with Crippen LogP contribution in [0.15, 0.2) is 48.5 Å². The lowest BCUT2D eigenvalue weighted by Crippen LogP contribution is -2.11. The molecule has 0 saturated heterocycles. The van der Waals surface area contributed by atoms with Crippen LogP contribution in [0.25, 0.3) is 0 Å².